The molecule has 3 atom stereocenters. The zero-order chi connectivity index (χ0) is 21.6. The predicted octanol–water partition coefficient (Wildman–Crippen LogP) is 4.73. The Morgan fingerprint density at radius 3 is 2.50 bits per heavy atom. The maximum atomic E-state index is 12.6. The van der Waals surface area contributed by atoms with E-state index in [0.29, 0.717) is 17.9 Å². The molecule has 0 aromatic heterocycles. The number of esters is 1. The van der Waals surface area contributed by atoms with Crippen LogP contribution in [0.2, 0.25) is 0 Å². The molecule has 4 rings (SSSR count). The third kappa shape index (κ3) is 4.36. The van der Waals surface area contributed by atoms with Crippen molar-refractivity contribution in [2.24, 2.45) is 5.92 Å². The number of hydrogen-bond donors (Lipinski definition) is 0. The largest absolute Gasteiger partial charge is 0.456 e. The normalized spacial score (nSPS) is 22.5. The Kier molecular flexibility index (Phi) is 5.34. The number of likely N-dealkylation sites (tertiary alicyclic amines) is 1. The van der Waals surface area contributed by atoms with E-state index in [-0.39, 0.29) is 18.4 Å². The summed E-state index contributed by atoms with van der Waals surface area (Å²) in [6, 6.07) is 10.5. The lowest BCUT2D eigenvalue weighted by molar-refractivity contribution is -0.148. The number of ketones is 1. The monoisotopic (exact) mass is 473 g/mol. The van der Waals surface area contributed by atoms with Crippen LogP contribution in [-0.2, 0) is 14.3 Å². The Balaban J connectivity index is 1.39. The van der Waals surface area contributed by atoms with E-state index < -0.39 is 23.7 Å². The number of ether oxygens (including phenoxy) is 2. The summed E-state index contributed by atoms with van der Waals surface area (Å²) in [7, 11) is 0. The second kappa shape index (κ2) is 7.69. The highest BCUT2D eigenvalue weighted by atomic mass is 79.9. The summed E-state index contributed by atoms with van der Waals surface area (Å²) in [4.78, 5) is 39.3. The van der Waals surface area contributed by atoms with Crippen LogP contribution in [0.1, 0.15) is 44.0 Å². The van der Waals surface area contributed by atoms with Gasteiger partial charge in [0.05, 0.1) is 0 Å². The van der Waals surface area contributed by atoms with E-state index >= 15 is 0 Å². The van der Waals surface area contributed by atoms with Crippen molar-refractivity contribution >= 4 is 44.5 Å². The number of nitrogens with zero attached hydrogens (tertiary/aromatic N) is 1. The third-order valence-electron chi connectivity index (χ3n) is 5.45. The topological polar surface area (TPSA) is 72.9 Å². The molecule has 1 amide bonds. The number of rotatable bonds is 4. The summed E-state index contributed by atoms with van der Waals surface area (Å²) in [5.41, 5.74) is -0.156. The van der Waals surface area contributed by atoms with Gasteiger partial charge < -0.3 is 9.47 Å². The smallest absolute Gasteiger partial charge is 0.411 e. The zero-order valence-corrected chi connectivity index (χ0v) is 18.8. The predicted molar refractivity (Wildman–Crippen MR) is 115 cm³/mol. The molecule has 7 heteroatoms. The fraction of sp³-hybridized carbons (Fsp3) is 0.435. The van der Waals surface area contributed by atoms with Gasteiger partial charge in [-0.15, -0.1) is 0 Å². The first-order valence-corrected chi connectivity index (χ1v) is 10.8. The average molecular weight is 474 g/mol. The van der Waals surface area contributed by atoms with Gasteiger partial charge in [-0.2, -0.15) is 0 Å². The number of amides is 1. The Hall–Kier alpha value is -2.41. The van der Waals surface area contributed by atoms with Gasteiger partial charge in [-0.1, -0.05) is 34.1 Å². The Morgan fingerprint density at radius 1 is 1.07 bits per heavy atom. The van der Waals surface area contributed by atoms with Crippen LogP contribution >= 0.6 is 15.9 Å². The van der Waals surface area contributed by atoms with E-state index in [1.54, 1.807) is 32.9 Å². The Bertz CT molecular complexity index is 1030. The second-order valence-corrected chi connectivity index (χ2v) is 9.86. The molecule has 2 fully saturated rings. The van der Waals surface area contributed by atoms with Gasteiger partial charge in [-0.25, -0.2) is 9.59 Å². The van der Waals surface area contributed by atoms with Crippen molar-refractivity contribution in [3.8, 4) is 0 Å². The molecule has 158 valence electrons. The van der Waals surface area contributed by atoms with Crippen LogP contribution in [0.25, 0.3) is 10.8 Å². The summed E-state index contributed by atoms with van der Waals surface area (Å²) in [6.07, 6.45) is 0.943. The number of fused-ring (bicyclic) bond motifs is 2. The first kappa shape index (κ1) is 20.8. The highest BCUT2D eigenvalue weighted by Gasteiger charge is 2.57. The number of carbonyl (C=O) groups is 3. The van der Waals surface area contributed by atoms with Crippen LogP contribution in [0.3, 0.4) is 0 Å². The van der Waals surface area contributed by atoms with Crippen LogP contribution in [0, 0.1) is 5.92 Å². The van der Waals surface area contributed by atoms with Gasteiger partial charge in [-0.05, 0) is 68.5 Å². The average Bonchev–Trinajstić information content (AvgIpc) is 3.33. The molecule has 0 N–H and O–H groups in total. The molecule has 1 aliphatic heterocycles. The molecule has 1 heterocycles. The number of benzene rings is 2. The lowest BCUT2D eigenvalue weighted by Crippen LogP contribution is -2.46. The fourth-order valence-corrected chi connectivity index (χ4v) is 4.33. The molecule has 0 bridgehead atoms. The number of carbonyl (C=O) groups excluding carboxylic acids is 3. The van der Waals surface area contributed by atoms with Gasteiger partial charge in [0.15, 0.2) is 12.4 Å². The minimum Gasteiger partial charge on any atom is -0.456 e. The molecule has 30 heavy (non-hydrogen) atoms. The molecule has 1 aliphatic carbocycles. The van der Waals surface area contributed by atoms with Gasteiger partial charge >= 0.3 is 12.1 Å². The SMILES string of the molecule is CC(C)(C)OC(=O)N1C(C(=O)OCC(=O)c2ccc3cc(Br)ccc3c2)CC2CC21. The lowest BCUT2D eigenvalue weighted by atomic mass is 10.0. The van der Waals surface area contributed by atoms with Crippen molar-refractivity contribution in [3.63, 3.8) is 0 Å². The van der Waals surface area contributed by atoms with Gasteiger partial charge in [-0.3, -0.25) is 9.69 Å². The summed E-state index contributed by atoms with van der Waals surface area (Å²) in [5, 5.41) is 1.94. The molecule has 2 aromatic carbocycles. The molecule has 0 radical (unpaired) electrons. The van der Waals surface area contributed by atoms with Crippen molar-refractivity contribution in [1.29, 1.82) is 0 Å². The van der Waals surface area contributed by atoms with E-state index in [1.807, 2.05) is 24.3 Å². The van der Waals surface area contributed by atoms with Crippen LogP contribution in [0.15, 0.2) is 40.9 Å². The van der Waals surface area contributed by atoms with Crippen LogP contribution in [0.5, 0.6) is 0 Å². The molecule has 2 aromatic rings. The lowest BCUT2D eigenvalue weighted by Gasteiger charge is -2.29. The van der Waals surface area contributed by atoms with E-state index in [1.165, 1.54) is 4.90 Å². The van der Waals surface area contributed by atoms with Gasteiger partial charge in [0, 0.05) is 16.1 Å². The molecule has 1 saturated carbocycles. The van der Waals surface area contributed by atoms with Gasteiger partial charge in [0.1, 0.15) is 11.6 Å². The number of hydrogen-bond acceptors (Lipinski definition) is 5. The highest BCUT2D eigenvalue weighted by molar-refractivity contribution is 9.10. The Labute approximate surface area is 183 Å². The number of piperidine rings is 1. The molecule has 3 unspecified atom stereocenters. The summed E-state index contributed by atoms with van der Waals surface area (Å²) in [6.45, 7) is 5.02. The second-order valence-electron chi connectivity index (χ2n) is 8.94. The zero-order valence-electron chi connectivity index (χ0n) is 17.2. The molecular weight excluding hydrogens is 450 g/mol. The highest BCUT2D eigenvalue weighted by Crippen LogP contribution is 2.48. The van der Waals surface area contributed by atoms with Crippen molar-refractivity contribution in [1.82, 2.24) is 4.90 Å². The molecule has 0 spiro atoms. The van der Waals surface area contributed by atoms with E-state index in [4.69, 9.17) is 9.47 Å². The van der Waals surface area contributed by atoms with E-state index in [9.17, 15) is 14.4 Å². The van der Waals surface area contributed by atoms with E-state index in [2.05, 4.69) is 15.9 Å². The fourth-order valence-electron chi connectivity index (χ4n) is 3.95. The van der Waals surface area contributed by atoms with Crippen molar-refractivity contribution < 1.29 is 23.9 Å². The van der Waals surface area contributed by atoms with Gasteiger partial charge in [0.25, 0.3) is 0 Å². The van der Waals surface area contributed by atoms with Crippen LogP contribution in [-0.4, -0.2) is 47.0 Å². The first-order valence-electron chi connectivity index (χ1n) is 10.0. The maximum Gasteiger partial charge on any atom is 0.411 e. The quantitative estimate of drug-likeness (QED) is 0.474. The molecular formula is C23H24BrNO5. The van der Waals surface area contributed by atoms with Crippen molar-refractivity contribution in [2.75, 3.05) is 6.61 Å². The molecule has 2 aliphatic rings. The van der Waals surface area contributed by atoms with Crippen LogP contribution < -0.4 is 0 Å². The van der Waals surface area contributed by atoms with Gasteiger partial charge in [0.2, 0.25) is 0 Å². The number of halogens is 1. The summed E-state index contributed by atoms with van der Waals surface area (Å²) in [5.74, 6) is -0.517. The van der Waals surface area contributed by atoms with Crippen molar-refractivity contribution in [2.45, 2.75) is 51.3 Å². The maximum absolute atomic E-state index is 12.6. The third-order valence-corrected chi connectivity index (χ3v) is 5.94. The summed E-state index contributed by atoms with van der Waals surface area (Å²) >= 11 is 3.43. The minimum absolute atomic E-state index is 0.0351. The first-order chi connectivity index (χ1) is 14.1. The molecule has 1 saturated heterocycles. The number of Topliss-reactive ketones (excluding diaryl/α,β-unsaturated/α-hetero) is 1. The Morgan fingerprint density at radius 2 is 1.77 bits per heavy atom. The standard InChI is InChI=1S/C23H24BrNO5/c1-23(2,3)30-22(28)25-18-10-16(18)11-19(25)21(27)29-12-20(26)15-5-4-14-9-17(24)7-6-13(14)8-15/h4-9,16,18-19H,10-12H2,1-3H3. The van der Waals surface area contributed by atoms with E-state index in [0.717, 1.165) is 21.7 Å². The summed E-state index contributed by atoms with van der Waals surface area (Å²) < 4.78 is 11.7. The van der Waals surface area contributed by atoms with Crippen molar-refractivity contribution in [3.05, 3.63) is 46.4 Å². The minimum atomic E-state index is -0.689. The van der Waals surface area contributed by atoms with Crippen LogP contribution in [0.4, 0.5) is 4.79 Å². The molecule has 6 nitrogen and oxygen atoms in total.